The molecule has 0 bridgehead atoms. The van der Waals surface area contributed by atoms with E-state index in [0.29, 0.717) is 0 Å². The van der Waals surface area contributed by atoms with Crippen molar-refractivity contribution in [2.24, 2.45) is 0 Å². The van der Waals surface area contributed by atoms with Gasteiger partial charge in [-0.1, -0.05) is 6.07 Å². The summed E-state index contributed by atoms with van der Waals surface area (Å²) in [6.07, 6.45) is -4.55. The van der Waals surface area contributed by atoms with Crippen molar-refractivity contribution in [3.8, 4) is 22.7 Å². The zero-order valence-corrected chi connectivity index (χ0v) is 17.3. The number of nitrogens with zero attached hydrogens (tertiary/aromatic N) is 3. The average Bonchev–Trinajstić information content (AvgIpc) is 3.43. The summed E-state index contributed by atoms with van der Waals surface area (Å²) in [5.41, 5.74) is -0.595. The summed E-state index contributed by atoms with van der Waals surface area (Å²) in [7, 11) is 0. The van der Waals surface area contributed by atoms with Crippen molar-refractivity contribution in [3.63, 3.8) is 0 Å². The number of benzene rings is 2. The SMILES string of the molecule is O=C(CCc1nnc(-c2cccc(C(F)(F)F)c2)o1)Nc1nc(-c2cc(F)ccc2F)cs1. The number of hydrogen-bond donors (Lipinski definition) is 1. The number of carbonyl (C=O) groups is 1. The van der Waals surface area contributed by atoms with Crippen LogP contribution in [0.2, 0.25) is 0 Å². The van der Waals surface area contributed by atoms with Crippen LogP contribution < -0.4 is 5.32 Å². The molecule has 0 radical (unpaired) electrons. The first-order valence-corrected chi connectivity index (χ1v) is 10.3. The molecule has 1 N–H and O–H groups in total. The lowest BCUT2D eigenvalue weighted by atomic mass is 10.1. The van der Waals surface area contributed by atoms with Gasteiger partial charge in [0.1, 0.15) is 11.6 Å². The zero-order chi connectivity index (χ0) is 23.6. The van der Waals surface area contributed by atoms with Gasteiger partial charge in [-0.25, -0.2) is 13.8 Å². The molecule has 0 aliphatic heterocycles. The number of alkyl halides is 3. The highest BCUT2D eigenvalue weighted by Gasteiger charge is 2.30. The Morgan fingerprint density at radius 3 is 2.70 bits per heavy atom. The number of hydrogen-bond acceptors (Lipinski definition) is 6. The Kier molecular flexibility index (Phi) is 6.18. The number of halogens is 5. The first-order chi connectivity index (χ1) is 15.7. The number of carbonyl (C=O) groups excluding carboxylic acids is 1. The molecular formula is C21H13F5N4O2S. The molecule has 4 aromatic rings. The highest BCUT2D eigenvalue weighted by Crippen LogP contribution is 2.32. The van der Waals surface area contributed by atoms with Crippen LogP contribution in [0.3, 0.4) is 0 Å². The van der Waals surface area contributed by atoms with E-state index in [2.05, 4.69) is 20.5 Å². The molecule has 12 heteroatoms. The first-order valence-electron chi connectivity index (χ1n) is 9.40. The Morgan fingerprint density at radius 1 is 1.09 bits per heavy atom. The van der Waals surface area contributed by atoms with E-state index in [0.717, 1.165) is 41.7 Å². The monoisotopic (exact) mass is 480 g/mol. The van der Waals surface area contributed by atoms with Gasteiger partial charge in [0, 0.05) is 29.3 Å². The van der Waals surface area contributed by atoms with Gasteiger partial charge in [-0.3, -0.25) is 4.79 Å². The molecular weight excluding hydrogens is 467 g/mol. The lowest BCUT2D eigenvalue weighted by molar-refractivity contribution is -0.137. The first kappa shape index (κ1) is 22.5. The fraction of sp³-hybridized carbons (Fsp3) is 0.143. The topological polar surface area (TPSA) is 80.9 Å². The predicted octanol–water partition coefficient (Wildman–Crippen LogP) is 5.73. The van der Waals surface area contributed by atoms with Gasteiger partial charge in [-0.2, -0.15) is 13.2 Å². The summed E-state index contributed by atoms with van der Waals surface area (Å²) in [6, 6.07) is 7.44. The van der Waals surface area contributed by atoms with E-state index >= 15 is 0 Å². The maximum atomic E-state index is 13.9. The molecule has 0 aliphatic carbocycles. The second-order valence-electron chi connectivity index (χ2n) is 6.79. The summed E-state index contributed by atoms with van der Waals surface area (Å²) in [5.74, 6) is -1.74. The summed E-state index contributed by atoms with van der Waals surface area (Å²) in [5, 5.41) is 11.7. The number of aryl methyl sites for hydroxylation is 1. The summed E-state index contributed by atoms with van der Waals surface area (Å²) >= 11 is 1.04. The molecule has 0 atom stereocenters. The Bertz CT molecular complexity index is 1300. The van der Waals surface area contributed by atoms with Crippen molar-refractivity contribution >= 4 is 22.4 Å². The van der Waals surface area contributed by atoms with Crippen LogP contribution in [0, 0.1) is 11.6 Å². The number of thiazole rings is 1. The number of aromatic nitrogens is 3. The van der Waals surface area contributed by atoms with Gasteiger partial charge in [0.25, 0.3) is 0 Å². The summed E-state index contributed by atoms with van der Waals surface area (Å²) in [4.78, 5) is 16.3. The molecule has 0 saturated carbocycles. The van der Waals surface area contributed by atoms with Crippen LogP contribution in [0.4, 0.5) is 27.1 Å². The van der Waals surface area contributed by atoms with Gasteiger partial charge in [0.2, 0.25) is 17.7 Å². The van der Waals surface area contributed by atoms with Crippen LogP contribution in [0.5, 0.6) is 0 Å². The minimum Gasteiger partial charge on any atom is -0.421 e. The van der Waals surface area contributed by atoms with Gasteiger partial charge >= 0.3 is 6.18 Å². The molecule has 0 aliphatic rings. The molecule has 170 valence electrons. The third-order valence-corrected chi connectivity index (χ3v) is 5.18. The Hall–Kier alpha value is -3.67. The van der Waals surface area contributed by atoms with Gasteiger partial charge < -0.3 is 9.73 Å². The van der Waals surface area contributed by atoms with E-state index in [-0.39, 0.29) is 46.6 Å². The molecule has 33 heavy (non-hydrogen) atoms. The number of rotatable bonds is 6. The lowest BCUT2D eigenvalue weighted by Crippen LogP contribution is -2.12. The van der Waals surface area contributed by atoms with Crippen molar-refractivity contribution in [2.45, 2.75) is 19.0 Å². The third-order valence-electron chi connectivity index (χ3n) is 4.42. The van der Waals surface area contributed by atoms with Crippen molar-refractivity contribution < 1.29 is 31.2 Å². The molecule has 2 heterocycles. The number of nitrogens with one attached hydrogen (secondary N) is 1. The number of anilines is 1. The molecule has 2 aromatic heterocycles. The maximum absolute atomic E-state index is 13.9. The van der Waals surface area contributed by atoms with E-state index in [9.17, 15) is 26.7 Å². The van der Waals surface area contributed by atoms with Gasteiger partial charge in [-0.15, -0.1) is 21.5 Å². The van der Waals surface area contributed by atoms with Crippen LogP contribution in [0.1, 0.15) is 17.9 Å². The van der Waals surface area contributed by atoms with E-state index in [1.54, 1.807) is 0 Å². The smallest absolute Gasteiger partial charge is 0.416 e. The van der Waals surface area contributed by atoms with E-state index in [1.807, 2.05) is 0 Å². The van der Waals surface area contributed by atoms with Crippen molar-refractivity contribution in [1.82, 2.24) is 15.2 Å². The van der Waals surface area contributed by atoms with Crippen molar-refractivity contribution in [1.29, 1.82) is 0 Å². The molecule has 2 aromatic carbocycles. The van der Waals surface area contributed by atoms with E-state index in [1.165, 1.54) is 17.5 Å². The second-order valence-corrected chi connectivity index (χ2v) is 7.65. The Morgan fingerprint density at radius 2 is 1.91 bits per heavy atom. The molecule has 1 amide bonds. The van der Waals surface area contributed by atoms with E-state index in [4.69, 9.17) is 4.42 Å². The fourth-order valence-electron chi connectivity index (χ4n) is 2.85. The quantitative estimate of drug-likeness (QED) is 0.357. The highest BCUT2D eigenvalue weighted by atomic mass is 32.1. The van der Waals surface area contributed by atoms with Crippen molar-refractivity contribution in [3.05, 3.63) is 70.9 Å². The standard InChI is InChI=1S/C21H13F5N4O2S/c22-13-4-5-15(23)14(9-13)16-10-33-20(27-16)28-17(31)6-7-18-29-30-19(32-18)11-2-1-3-12(8-11)21(24,25)26/h1-5,8-10H,6-7H2,(H,27,28,31). The zero-order valence-electron chi connectivity index (χ0n) is 16.5. The van der Waals surface area contributed by atoms with Crippen LogP contribution in [-0.4, -0.2) is 21.1 Å². The van der Waals surface area contributed by atoms with Gasteiger partial charge in [0.15, 0.2) is 5.13 Å². The second kappa shape index (κ2) is 9.06. The molecule has 0 spiro atoms. The lowest BCUT2D eigenvalue weighted by Gasteiger charge is -2.06. The Balaban J connectivity index is 1.36. The fourth-order valence-corrected chi connectivity index (χ4v) is 3.58. The third kappa shape index (κ3) is 5.40. The Labute approximate surface area is 187 Å². The van der Waals surface area contributed by atoms with Crippen molar-refractivity contribution in [2.75, 3.05) is 5.32 Å². The van der Waals surface area contributed by atoms with Crippen LogP contribution in [0.15, 0.2) is 52.3 Å². The molecule has 6 nitrogen and oxygen atoms in total. The normalized spacial score (nSPS) is 11.5. The molecule has 0 saturated heterocycles. The molecule has 4 rings (SSSR count). The minimum atomic E-state index is -4.51. The summed E-state index contributed by atoms with van der Waals surface area (Å²) in [6.45, 7) is 0. The molecule has 0 unspecified atom stereocenters. The predicted molar refractivity (Wildman–Crippen MR) is 109 cm³/mol. The minimum absolute atomic E-state index is 0.0280. The molecule has 0 fully saturated rings. The van der Waals surface area contributed by atoms with Crippen LogP contribution >= 0.6 is 11.3 Å². The summed E-state index contributed by atoms with van der Waals surface area (Å²) < 4.78 is 71.2. The highest BCUT2D eigenvalue weighted by molar-refractivity contribution is 7.14. The van der Waals surface area contributed by atoms with Gasteiger partial charge in [-0.05, 0) is 36.4 Å². The van der Waals surface area contributed by atoms with Gasteiger partial charge in [0.05, 0.1) is 11.3 Å². The number of amides is 1. The van der Waals surface area contributed by atoms with Crippen LogP contribution in [-0.2, 0) is 17.4 Å². The largest absolute Gasteiger partial charge is 0.421 e. The average molecular weight is 480 g/mol. The van der Waals surface area contributed by atoms with Crippen LogP contribution in [0.25, 0.3) is 22.7 Å². The van der Waals surface area contributed by atoms with E-state index < -0.39 is 29.3 Å². The maximum Gasteiger partial charge on any atom is 0.416 e.